The molecule has 2 N–H and O–H groups in total. The lowest BCUT2D eigenvalue weighted by Crippen LogP contribution is -1.98. The first-order valence-corrected chi connectivity index (χ1v) is 11.8. The normalized spacial score (nSPS) is 10.9. The molecule has 4 rings (SSSR count). The molecule has 34 heavy (non-hydrogen) atoms. The van der Waals surface area contributed by atoms with Crippen LogP contribution in [0.15, 0.2) is 66.9 Å². The Morgan fingerprint density at radius 3 is 2.12 bits per heavy atom. The zero-order valence-electron chi connectivity index (χ0n) is 20.6. The minimum atomic E-state index is 0.564. The molecule has 0 bridgehead atoms. The topological polar surface area (TPSA) is 57.4 Å². The maximum absolute atomic E-state index is 6.58. The highest BCUT2D eigenvalue weighted by atomic mass is 16.5. The highest BCUT2D eigenvalue weighted by Gasteiger charge is 2.13. The van der Waals surface area contributed by atoms with Crippen LogP contribution in [0.4, 0.5) is 5.69 Å². The summed E-state index contributed by atoms with van der Waals surface area (Å²) in [6, 6.07) is 20.7. The standard InChI is InChI=1S/C30H32N2O2/c1-6-33-24-9-11-26(29(18-24)34-7-2)28-17-22(12-13-32-28)25-10-8-23(16-27(25)31)30-20(4)14-19(3)15-21(30)5/h8-18H,6-7,31H2,1-5H3. The second-order valence-corrected chi connectivity index (χ2v) is 8.53. The van der Waals surface area contributed by atoms with Crippen LogP contribution in [-0.2, 0) is 0 Å². The van der Waals surface area contributed by atoms with Gasteiger partial charge in [-0.05, 0) is 92.8 Å². The summed E-state index contributed by atoms with van der Waals surface area (Å²) >= 11 is 0. The number of aryl methyl sites for hydroxylation is 3. The van der Waals surface area contributed by atoms with E-state index in [0.29, 0.717) is 13.2 Å². The fourth-order valence-electron chi connectivity index (χ4n) is 4.61. The second kappa shape index (κ2) is 10.0. The number of nitrogens with two attached hydrogens (primary N) is 1. The van der Waals surface area contributed by atoms with Crippen molar-refractivity contribution in [3.63, 3.8) is 0 Å². The van der Waals surface area contributed by atoms with E-state index >= 15 is 0 Å². The summed E-state index contributed by atoms with van der Waals surface area (Å²) in [4.78, 5) is 4.62. The van der Waals surface area contributed by atoms with Gasteiger partial charge in [0.25, 0.3) is 0 Å². The summed E-state index contributed by atoms with van der Waals surface area (Å²) in [5.41, 5.74) is 17.2. The third kappa shape index (κ3) is 4.76. The zero-order valence-corrected chi connectivity index (χ0v) is 20.6. The average Bonchev–Trinajstić information content (AvgIpc) is 2.79. The molecule has 3 aromatic carbocycles. The summed E-state index contributed by atoms with van der Waals surface area (Å²) < 4.78 is 11.5. The highest BCUT2D eigenvalue weighted by Crippen LogP contribution is 2.37. The van der Waals surface area contributed by atoms with Crippen molar-refractivity contribution in [1.82, 2.24) is 4.98 Å². The third-order valence-corrected chi connectivity index (χ3v) is 5.93. The molecule has 1 aromatic heterocycles. The Morgan fingerprint density at radius 2 is 1.44 bits per heavy atom. The van der Waals surface area contributed by atoms with Crippen molar-refractivity contribution in [3.05, 3.63) is 83.6 Å². The molecule has 174 valence electrons. The first kappa shape index (κ1) is 23.4. The summed E-state index contributed by atoms with van der Waals surface area (Å²) in [6.07, 6.45) is 1.82. The van der Waals surface area contributed by atoms with Gasteiger partial charge in [0.1, 0.15) is 11.5 Å². The fraction of sp³-hybridized carbons (Fsp3) is 0.233. The second-order valence-electron chi connectivity index (χ2n) is 8.53. The van der Waals surface area contributed by atoms with Gasteiger partial charge in [-0.3, -0.25) is 4.98 Å². The molecule has 0 aliphatic carbocycles. The van der Waals surface area contributed by atoms with Gasteiger partial charge in [0.05, 0.1) is 18.9 Å². The summed E-state index contributed by atoms with van der Waals surface area (Å²) in [6.45, 7) is 11.5. The van der Waals surface area contributed by atoms with Crippen LogP contribution in [0.2, 0.25) is 0 Å². The van der Waals surface area contributed by atoms with Gasteiger partial charge in [0, 0.05) is 29.1 Å². The Morgan fingerprint density at radius 1 is 0.735 bits per heavy atom. The average molecular weight is 453 g/mol. The van der Waals surface area contributed by atoms with E-state index in [1.165, 1.54) is 22.3 Å². The Bertz CT molecular complexity index is 1300. The molecule has 1 heterocycles. The smallest absolute Gasteiger partial charge is 0.132 e. The molecule has 0 unspecified atom stereocenters. The van der Waals surface area contributed by atoms with Crippen LogP contribution in [0, 0.1) is 20.8 Å². The Kier molecular flexibility index (Phi) is 6.87. The van der Waals surface area contributed by atoms with Crippen molar-refractivity contribution >= 4 is 5.69 Å². The van der Waals surface area contributed by atoms with Gasteiger partial charge in [-0.15, -0.1) is 0 Å². The molecule has 0 aliphatic heterocycles. The van der Waals surface area contributed by atoms with Crippen LogP contribution < -0.4 is 15.2 Å². The third-order valence-electron chi connectivity index (χ3n) is 5.93. The lowest BCUT2D eigenvalue weighted by Gasteiger charge is -2.15. The molecular formula is C30H32N2O2. The maximum atomic E-state index is 6.58. The van der Waals surface area contributed by atoms with E-state index in [4.69, 9.17) is 15.2 Å². The van der Waals surface area contributed by atoms with Crippen molar-refractivity contribution < 1.29 is 9.47 Å². The fourth-order valence-corrected chi connectivity index (χ4v) is 4.61. The van der Waals surface area contributed by atoms with E-state index in [0.717, 1.165) is 45.1 Å². The molecule has 4 nitrogen and oxygen atoms in total. The number of pyridine rings is 1. The van der Waals surface area contributed by atoms with E-state index in [1.54, 1.807) is 0 Å². The highest BCUT2D eigenvalue weighted by molar-refractivity contribution is 5.84. The summed E-state index contributed by atoms with van der Waals surface area (Å²) in [5.74, 6) is 1.54. The minimum absolute atomic E-state index is 0.564. The molecule has 0 aliphatic rings. The van der Waals surface area contributed by atoms with E-state index in [-0.39, 0.29) is 0 Å². The van der Waals surface area contributed by atoms with Gasteiger partial charge >= 0.3 is 0 Å². The van der Waals surface area contributed by atoms with Crippen LogP contribution in [0.5, 0.6) is 11.5 Å². The number of anilines is 1. The van der Waals surface area contributed by atoms with Crippen LogP contribution in [-0.4, -0.2) is 18.2 Å². The van der Waals surface area contributed by atoms with Crippen molar-refractivity contribution in [3.8, 4) is 45.0 Å². The summed E-state index contributed by atoms with van der Waals surface area (Å²) in [7, 11) is 0. The first-order valence-electron chi connectivity index (χ1n) is 11.8. The van der Waals surface area contributed by atoms with Crippen LogP contribution in [0.1, 0.15) is 30.5 Å². The van der Waals surface area contributed by atoms with Crippen LogP contribution in [0.25, 0.3) is 33.5 Å². The lowest BCUT2D eigenvalue weighted by atomic mass is 9.92. The van der Waals surface area contributed by atoms with Crippen LogP contribution >= 0.6 is 0 Å². The zero-order chi connectivity index (χ0) is 24.2. The predicted molar refractivity (Wildman–Crippen MR) is 142 cm³/mol. The summed E-state index contributed by atoms with van der Waals surface area (Å²) in [5, 5.41) is 0. The molecule has 0 fully saturated rings. The maximum Gasteiger partial charge on any atom is 0.132 e. The molecule has 0 saturated heterocycles. The van der Waals surface area contributed by atoms with Gasteiger partial charge in [0.2, 0.25) is 0 Å². The number of hydrogen-bond donors (Lipinski definition) is 1. The van der Waals surface area contributed by atoms with E-state index in [1.807, 2.05) is 44.3 Å². The van der Waals surface area contributed by atoms with Crippen molar-refractivity contribution in [2.24, 2.45) is 0 Å². The molecule has 0 spiro atoms. The minimum Gasteiger partial charge on any atom is -0.494 e. The van der Waals surface area contributed by atoms with Crippen molar-refractivity contribution in [2.45, 2.75) is 34.6 Å². The lowest BCUT2D eigenvalue weighted by molar-refractivity contribution is 0.324. The molecule has 0 atom stereocenters. The Hall–Kier alpha value is -3.79. The van der Waals surface area contributed by atoms with Gasteiger partial charge < -0.3 is 15.2 Å². The number of nitrogens with zero attached hydrogens (tertiary/aromatic N) is 1. The largest absolute Gasteiger partial charge is 0.494 e. The Balaban J connectivity index is 1.73. The van der Waals surface area contributed by atoms with Crippen LogP contribution in [0.3, 0.4) is 0 Å². The SMILES string of the molecule is CCOc1ccc(-c2cc(-c3ccc(-c4c(C)cc(C)cc4C)cc3N)ccn2)c(OCC)c1. The molecule has 0 saturated carbocycles. The monoisotopic (exact) mass is 452 g/mol. The number of nitrogen functional groups attached to an aromatic ring is 1. The van der Waals surface area contributed by atoms with E-state index < -0.39 is 0 Å². The number of ether oxygens (including phenoxy) is 2. The van der Waals surface area contributed by atoms with E-state index in [9.17, 15) is 0 Å². The molecule has 4 aromatic rings. The number of hydrogen-bond acceptors (Lipinski definition) is 4. The predicted octanol–water partition coefficient (Wildman–Crippen LogP) is 7.39. The Labute approximate surface area is 202 Å². The van der Waals surface area contributed by atoms with E-state index in [2.05, 4.69) is 62.2 Å². The quantitative estimate of drug-likeness (QED) is 0.297. The van der Waals surface area contributed by atoms with Gasteiger partial charge in [-0.2, -0.15) is 0 Å². The number of aromatic nitrogens is 1. The number of rotatable bonds is 7. The number of benzene rings is 3. The molecule has 4 heteroatoms. The molecule has 0 radical (unpaired) electrons. The van der Waals surface area contributed by atoms with Crippen molar-refractivity contribution in [2.75, 3.05) is 18.9 Å². The molecular weight excluding hydrogens is 420 g/mol. The molecule has 0 amide bonds. The first-order chi connectivity index (χ1) is 16.4. The van der Waals surface area contributed by atoms with Gasteiger partial charge in [0.15, 0.2) is 0 Å². The van der Waals surface area contributed by atoms with Crippen molar-refractivity contribution in [1.29, 1.82) is 0 Å². The van der Waals surface area contributed by atoms with Gasteiger partial charge in [-0.25, -0.2) is 0 Å². The van der Waals surface area contributed by atoms with Gasteiger partial charge in [-0.1, -0.05) is 29.8 Å².